The molecule has 4 heterocycles. The standard InChI is InChI=1S/C41H45Cl2N7O5/c1-49-31-11-17-50(23-40-12-14-41(22-40,15-13-40)39(53)54)21-30(31)47-37(49)38(52)48-29-5-3-4-27(34(29)42)28-10-16-45-36(35(28)43)24-6-7-25(32(18-24)55-2)19-44-20-26-8-9-33(51)46-26/h3-7,10,16,18,26,44H,8-9,11-15,17,19-23H2,1-2H3,(H,46,51)(H,48,52)(H,53,54)/t26-,40?,41?/m0/s1. The summed E-state index contributed by atoms with van der Waals surface area (Å²) in [6, 6.07) is 13.2. The van der Waals surface area contributed by atoms with E-state index in [9.17, 15) is 19.5 Å². The summed E-state index contributed by atoms with van der Waals surface area (Å²) in [5.74, 6) is 0.0723. The lowest BCUT2D eigenvalue weighted by Crippen LogP contribution is -2.39. The lowest BCUT2D eigenvalue weighted by Gasteiger charge is -2.35. The van der Waals surface area contributed by atoms with Crippen LogP contribution in [0.1, 0.15) is 72.5 Å². The lowest BCUT2D eigenvalue weighted by molar-refractivity contribution is -0.148. The molecule has 8 rings (SSSR count). The van der Waals surface area contributed by atoms with Gasteiger partial charge in [-0.3, -0.25) is 24.3 Å². The number of halogens is 2. The summed E-state index contributed by atoms with van der Waals surface area (Å²) in [6.07, 6.45) is 8.02. The van der Waals surface area contributed by atoms with Crippen LogP contribution in [0.4, 0.5) is 5.69 Å². The lowest BCUT2D eigenvalue weighted by atomic mass is 9.81. The fraction of sp³-hybridized carbons (Fsp3) is 0.439. The van der Waals surface area contributed by atoms with Gasteiger partial charge < -0.3 is 30.4 Å². The molecule has 3 fully saturated rings. The number of fused-ring (bicyclic) bond motifs is 3. The van der Waals surface area contributed by atoms with Gasteiger partial charge in [-0.2, -0.15) is 0 Å². The Kier molecular flexibility index (Phi) is 10.1. The third kappa shape index (κ3) is 7.09. The van der Waals surface area contributed by atoms with Crippen molar-refractivity contribution >= 4 is 46.7 Å². The minimum atomic E-state index is -0.645. The quantitative estimate of drug-likeness (QED) is 0.127. The van der Waals surface area contributed by atoms with E-state index in [1.165, 1.54) is 0 Å². The summed E-state index contributed by atoms with van der Waals surface area (Å²) in [6.45, 7) is 3.58. The Labute approximate surface area is 330 Å². The van der Waals surface area contributed by atoms with Crippen molar-refractivity contribution in [2.75, 3.05) is 32.1 Å². The number of rotatable bonds is 12. The van der Waals surface area contributed by atoms with E-state index in [-0.39, 0.29) is 23.3 Å². The van der Waals surface area contributed by atoms with Gasteiger partial charge in [0.2, 0.25) is 5.91 Å². The van der Waals surface area contributed by atoms with Crippen molar-refractivity contribution in [2.45, 2.75) is 70.5 Å². The van der Waals surface area contributed by atoms with E-state index in [0.717, 1.165) is 80.6 Å². The molecule has 288 valence electrons. The summed E-state index contributed by atoms with van der Waals surface area (Å²) >= 11 is 14.1. The van der Waals surface area contributed by atoms with Gasteiger partial charge >= 0.3 is 5.97 Å². The first-order valence-corrected chi connectivity index (χ1v) is 19.7. The van der Waals surface area contributed by atoms with Gasteiger partial charge in [0.15, 0.2) is 5.82 Å². The van der Waals surface area contributed by atoms with Crippen LogP contribution in [0, 0.1) is 10.8 Å². The highest BCUT2D eigenvalue weighted by Gasteiger charge is 2.58. The second-order valence-electron chi connectivity index (χ2n) is 15.7. The molecule has 2 aliphatic carbocycles. The zero-order valence-corrected chi connectivity index (χ0v) is 32.5. The average Bonchev–Trinajstić information content (AvgIpc) is 3.95. The van der Waals surface area contributed by atoms with Gasteiger partial charge in [0, 0.05) is 92.8 Å². The van der Waals surface area contributed by atoms with Crippen molar-refractivity contribution in [3.63, 3.8) is 0 Å². The van der Waals surface area contributed by atoms with Crippen molar-refractivity contribution in [1.82, 2.24) is 30.1 Å². The minimum absolute atomic E-state index is 0.0531. The van der Waals surface area contributed by atoms with E-state index in [1.807, 2.05) is 41.9 Å². The van der Waals surface area contributed by atoms with E-state index in [0.29, 0.717) is 70.2 Å². The van der Waals surface area contributed by atoms with E-state index >= 15 is 0 Å². The molecule has 0 unspecified atom stereocenters. The number of nitrogens with zero attached hydrogens (tertiary/aromatic N) is 4. The number of amides is 2. The summed E-state index contributed by atoms with van der Waals surface area (Å²) in [5.41, 5.74) is 5.45. The topological polar surface area (TPSA) is 151 Å². The number of pyridine rings is 1. The van der Waals surface area contributed by atoms with Crippen LogP contribution >= 0.6 is 23.2 Å². The van der Waals surface area contributed by atoms with Gasteiger partial charge in [-0.05, 0) is 62.1 Å². The van der Waals surface area contributed by atoms with E-state index < -0.39 is 11.4 Å². The molecule has 2 aromatic carbocycles. The van der Waals surface area contributed by atoms with Gasteiger partial charge in [-0.15, -0.1) is 0 Å². The molecule has 0 radical (unpaired) electrons. The number of ether oxygens (including phenoxy) is 1. The summed E-state index contributed by atoms with van der Waals surface area (Å²) in [7, 11) is 3.49. The van der Waals surface area contributed by atoms with Gasteiger partial charge in [0.05, 0.1) is 39.6 Å². The van der Waals surface area contributed by atoms with Crippen LogP contribution in [0.25, 0.3) is 22.4 Å². The molecule has 2 amide bonds. The molecule has 2 aromatic heterocycles. The molecule has 1 atom stereocenters. The Morgan fingerprint density at radius 1 is 1.07 bits per heavy atom. The molecule has 14 heteroatoms. The van der Waals surface area contributed by atoms with Crippen molar-refractivity contribution < 1.29 is 24.2 Å². The van der Waals surface area contributed by atoms with Crippen LogP contribution in [-0.2, 0) is 36.1 Å². The maximum absolute atomic E-state index is 13.8. The smallest absolute Gasteiger partial charge is 0.309 e. The van der Waals surface area contributed by atoms with E-state index in [2.05, 4.69) is 25.8 Å². The molecule has 2 aliphatic heterocycles. The monoisotopic (exact) mass is 785 g/mol. The molecule has 4 aromatic rings. The Bertz CT molecular complexity index is 2180. The predicted molar refractivity (Wildman–Crippen MR) is 210 cm³/mol. The number of carbonyl (C=O) groups is 3. The molecular formula is C41H45Cl2N7O5. The summed E-state index contributed by atoms with van der Waals surface area (Å²) in [4.78, 5) is 49.1. The molecule has 12 nitrogen and oxygen atoms in total. The van der Waals surface area contributed by atoms with Crippen LogP contribution in [-0.4, -0.2) is 75.1 Å². The van der Waals surface area contributed by atoms with Gasteiger partial charge in [0.25, 0.3) is 5.91 Å². The van der Waals surface area contributed by atoms with Crippen molar-refractivity contribution in [1.29, 1.82) is 0 Å². The molecule has 2 bridgehead atoms. The highest BCUT2D eigenvalue weighted by molar-refractivity contribution is 6.39. The molecule has 2 saturated carbocycles. The first-order valence-electron chi connectivity index (χ1n) is 18.9. The second-order valence-corrected chi connectivity index (χ2v) is 16.5. The highest BCUT2D eigenvalue weighted by Crippen LogP contribution is 2.62. The Morgan fingerprint density at radius 3 is 2.60 bits per heavy atom. The zero-order chi connectivity index (χ0) is 38.5. The van der Waals surface area contributed by atoms with Crippen molar-refractivity contribution in [3.8, 4) is 28.1 Å². The fourth-order valence-corrected chi connectivity index (χ4v) is 9.94. The molecule has 55 heavy (non-hydrogen) atoms. The number of carboxylic acids is 1. The Hall–Kier alpha value is -4.49. The van der Waals surface area contributed by atoms with Crippen LogP contribution in [0.5, 0.6) is 5.75 Å². The molecule has 4 aliphatic rings. The third-order valence-electron chi connectivity index (χ3n) is 12.3. The Morgan fingerprint density at radius 2 is 1.87 bits per heavy atom. The number of hydrogen-bond acceptors (Lipinski definition) is 8. The number of carbonyl (C=O) groups excluding carboxylic acids is 2. The first-order chi connectivity index (χ1) is 26.5. The Balaban J connectivity index is 0.961. The van der Waals surface area contributed by atoms with Crippen molar-refractivity contribution in [3.05, 3.63) is 81.5 Å². The molecule has 1 saturated heterocycles. The van der Waals surface area contributed by atoms with Gasteiger partial charge in [-0.25, -0.2) is 4.98 Å². The summed E-state index contributed by atoms with van der Waals surface area (Å²) in [5, 5.41) is 20.0. The number of anilines is 1. The molecule has 4 N–H and O–H groups in total. The largest absolute Gasteiger partial charge is 0.496 e. The van der Waals surface area contributed by atoms with Crippen LogP contribution in [0.2, 0.25) is 10.0 Å². The number of imidazole rings is 1. The third-order valence-corrected chi connectivity index (χ3v) is 13.1. The highest BCUT2D eigenvalue weighted by atomic mass is 35.5. The SMILES string of the molecule is COc1cc(-c2nccc(-c3cccc(NC(=O)c4nc5c(n4C)CCN(CC46CCC(C(=O)O)(CC4)C6)C5)c3Cl)c2Cl)ccc1CNC[C@@H]1CCC(=O)N1. The normalized spacial score (nSPS) is 23.1. The van der Waals surface area contributed by atoms with Crippen LogP contribution < -0.4 is 20.7 Å². The minimum Gasteiger partial charge on any atom is -0.496 e. The number of hydrogen-bond donors (Lipinski definition) is 4. The number of aromatic nitrogens is 3. The summed E-state index contributed by atoms with van der Waals surface area (Å²) < 4.78 is 7.60. The zero-order valence-electron chi connectivity index (χ0n) is 31.0. The number of methoxy groups -OCH3 is 1. The average molecular weight is 787 g/mol. The molecule has 0 spiro atoms. The van der Waals surface area contributed by atoms with Crippen molar-refractivity contribution in [2.24, 2.45) is 17.9 Å². The molecular weight excluding hydrogens is 741 g/mol. The number of carboxylic acid groups (broad SMARTS) is 1. The fourth-order valence-electron chi connectivity index (χ4n) is 9.35. The van der Waals surface area contributed by atoms with Crippen LogP contribution in [0.15, 0.2) is 48.7 Å². The first kappa shape index (κ1) is 37.4. The number of aliphatic carboxylic acids is 1. The second kappa shape index (κ2) is 14.9. The van der Waals surface area contributed by atoms with Gasteiger partial charge in [0.1, 0.15) is 5.75 Å². The van der Waals surface area contributed by atoms with Gasteiger partial charge in [-0.1, -0.05) is 47.5 Å². The predicted octanol–water partition coefficient (Wildman–Crippen LogP) is 6.48. The maximum Gasteiger partial charge on any atom is 0.309 e. The van der Waals surface area contributed by atoms with E-state index in [1.54, 1.807) is 25.4 Å². The maximum atomic E-state index is 13.8. The van der Waals surface area contributed by atoms with Crippen LogP contribution in [0.3, 0.4) is 0 Å². The van der Waals surface area contributed by atoms with E-state index in [4.69, 9.17) is 32.9 Å². The number of nitrogens with one attached hydrogen (secondary N) is 3. The number of benzene rings is 2.